The smallest absolute Gasteiger partial charge is 0.321 e. The van der Waals surface area contributed by atoms with Crippen molar-refractivity contribution < 1.29 is 35.2 Å². The van der Waals surface area contributed by atoms with Crippen molar-refractivity contribution in [3.05, 3.63) is 35.3 Å². The summed E-state index contributed by atoms with van der Waals surface area (Å²) in [7, 11) is -3.67. The number of hydrogen-bond donors (Lipinski definition) is 1. The number of carbonyl (C=O) groups excluding carboxylic acids is 1. The Morgan fingerprint density at radius 1 is 1.36 bits per heavy atom. The summed E-state index contributed by atoms with van der Waals surface area (Å²) < 4.78 is 91.8. The van der Waals surface area contributed by atoms with Crippen LogP contribution in [0, 0.1) is 12.8 Å². The zero-order valence-electron chi connectivity index (χ0n) is 18.1. The number of amides is 1. The van der Waals surface area contributed by atoms with Crippen molar-refractivity contribution >= 4 is 21.4 Å². The van der Waals surface area contributed by atoms with Crippen LogP contribution in [0.2, 0.25) is 0 Å². The molecule has 13 heteroatoms. The number of pyridine rings is 1. The van der Waals surface area contributed by atoms with Crippen LogP contribution in [0.15, 0.2) is 23.4 Å². The lowest BCUT2D eigenvalue weighted by molar-refractivity contribution is -0.147. The van der Waals surface area contributed by atoms with E-state index in [0.717, 1.165) is 30.1 Å². The highest BCUT2D eigenvalue weighted by Gasteiger charge is 2.43. The summed E-state index contributed by atoms with van der Waals surface area (Å²) in [6.07, 6.45) is -3.15. The number of nitrogens with zero attached hydrogens (tertiary/aromatic N) is 3. The second-order valence-corrected chi connectivity index (χ2v) is 10.3. The predicted octanol–water partition coefficient (Wildman–Crippen LogP) is 4.34. The van der Waals surface area contributed by atoms with E-state index < -0.39 is 46.1 Å². The van der Waals surface area contributed by atoms with Crippen molar-refractivity contribution in [2.45, 2.75) is 62.7 Å². The minimum Gasteiger partial charge on any atom is -0.321 e. The van der Waals surface area contributed by atoms with E-state index in [9.17, 15) is 35.2 Å². The van der Waals surface area contributed by atoms with E-state index in [1.165, 1.54) is 13.0 Å². The summed E-state index contributed by atoms with van der Waals surface area (Å²) in [5.41, 5.74) is -0.544. The molecule has 3 rings (SSSR count). The number of carbonyl (C=O) groups is 1. The summed E-state index contributed by atoms with van der Waals surface area (Å²) in [5.74, 6) is -6.24. The maximum Gasteiger partial charge on any atom is 0.397 e. The zero-order chi connectivity index (χ0) is 24.8. The molecule has 2 aromatic rings. The van der Waals surface area contributed by atoms with Gasteiger partial charge in [0.25, 0.3) is 5.91 Å². The highest BCUT2D eigenvalue weighted by atomic mass is 32.2. The molecule has 7 nitrogen and oxygen atoms in total. The number of rotatable bonds is 6. The van der Waals surface area contributed by atoms with E-state index in [2.05, 4.69) is 15.4 Å². The molecule has 1 fully saturated rings. The number of sulfone groups is 1. The van der Waals surface area contributed by atoms with Gasteiger partial charge in [-0.1, -0.05) is 0 Å². The van der Waals surface area contributed by atoms with Crippen LogP contribution in [-0.2, 0) is 16.4 Å². The Kier molecular flexibility index (Phi) is 6.57. The van der Waals surface area contributed by atoms with Crippen molar-refractivity contribution in [2.75, 3.05) is 11.6 Å². The second kappa shape index (κ2) is 8.65. The predicted molar refractivity (Wildman–Crippen MR) is 109 cm³/mol. The van der Waals surface area contributed by atoms with Crippen molar-refractivity contribution in [3.8, 4) is 0 Å². The molecule has 182 valence electrons. The van der Waals surface area contributed by atoms with Crippen molar-refractivity contribution in [3.63, 3.8) is 0 Å². The van der Waals surface area contributed by atoms with Gasteiger partial charge in [-0.25, -0.2) is 22.2 Å². The van der Waals surface area contributed by atoms with Crippen LogP contribution in [0.25, 0.3) is 0 Å². The Morgan fingerprint density at radius 3 is 2.58 bits per heavy atom. The van der Waals surface area contributed by atoms with E-state index >= 15 is 0 Å². The van der Waals surface area contributed by atoms with Gasteiger partial charge in [-0.3, -0.25) is 9.48 Å². The normalized spacial score (nSPS) is 19.5. The third-order valence-electron chi connectivity index (χ3n) is 5.65. The van der Waals surface area contributed by atoms with Gasteiger partial charge in [0.05, 0.1) is 11.6 Å². The van der Waals surface area contributed by atoms with Gasteiger partial charge in [0.2, 0.25) is 5.92 Å². The lowest BCUT2D eigenvalue weighted by atomic mass is 10.0. The van der Waals surface area contributed by atoms with Gasteiger partial charge >= 0.3 is 6.18 Å². The fourth-order valence-electron chi connectivity index (χ4n) is 3.88. The van der Waals surface area contributed by atoms with Gasteiger partial charge in [0, 0.05) is 43.1 Å². The molecule has 0 aliphatic heterocycles. The number of alkyl halides is 5. The van der Waals surface area contributed by atoms with Gasteiger partial charge in [-0.15, -0.1) is 0 Å². The first-order valence-corrected chi connectivity index (χ1v) is 12.0. The van der Waals surface area contributed by atoms with Crippen LogP contribution < -0.4 is 5.32 Å². The van der Waals surface area contributed by atoms with Crippen LogP contribution in [-0.4, -0.2) is 47.4 Å². The van der Waals surface area contributed by atoms with Gasteiger partial charge in [0.1, 0.15) is 5.69 Å². The largest absolute Gasteiger partial charge is 0.397 e. The van der Waals surface area contributed by atoms with Gasteiger partial charge < -0.3 is 5.32 Å². The Labute approximate surface area is 187 Å². The molecule has 0 radical (unpaired) electrons. The van der Waals surface area contributed by atoms with Crippen LogP contribution in [0.5, 0.6) is 0 Å². The summed E-state index contributed by atoms with van der Waals surface area (Å²) in [6, 6.07) is 2.43. The summed E-state index contributed by atoms with van der Waals surface area (Å²) >= 11 is 0. The maximum atomic E-state index is 13.6. The van der Waals surface area contributed by atoms with Crippen molar-refractivity contribution in [2.24, 2.45) is 5.92 Å². The molecule has 1 aliphatic rings. The maximum absolute atomic E-state index is 13.6. The first kappa shape index (κ1) is 25.1. The van der Waals surface area contributed by atoms with Gasteiger partial charge in [-0.2, -0.15) is 18.3 Å². The number of aromatic nitrogens is 3. The minimum absolute atomic E-state index is 0.0283. The molecule has 0 bridgehead atoms. The van der Waals surface area contributed by atoms with E-state index in [1.807, 2.05) is 0 Å². The zero-order valence-corrected chi connectivity index (χ0v) is 18.9. The van der Waals surface area contributed by atoms with Crippen LogP contribution >= 0.6 is 0 Å². The summed E-state index contributed by atoms with van der Waals surface area (Å²) in [5, 5.41) is 6.14. The van der Waals surface area contributed by atoms with E-state index in [1.54, 1.807) is 0 Å². The Balaban J connectivity index is 1.98. The SMILES string of the molecule is Cc1c(C(C)C(F)(F)F)nn(CC2CCC(F)(F)C2)c1C(=O)Nc1ccnc(S(C)(=O)=O)c1. The Bertz CT molecular complexity index is 1160. The van der Waals surface area contributed by atoms with Crippen LogP contribution in [0.4, 0.5) is 27.6 Å². The molecular formula is C20H23F5N4O3S. The minimum atomic E-state index is -4.62. The quantitative estimate of drug-likeness (QED) is 0.603. The van der Waals surface area contributed by atoms with E-state index in [0.29, 0.717) is 0 Å². The monoisotopic (exact) mass is 494 g/mol. The average molecular weight is 494 g/mol. The summed E-state index contributed by atoms with van der Waals surface area (Å²) in [6.45, 7) is 2.08. The van der Waals surface area contributed by atoms with Gasteiger partial charge in [-0.05, 0) is 38.3 Å². The molecule has 1 aliphatic carbocycles. The number of anilines is 1. The molecule has 2 heterocycles. The first-order valence-electron chi connectivity index (χ1n) is 10.1. The molecule has 2 aromatic heterocycles. The molecule has 2 atom stereocenters. The fourth-order valence-corrected chi connectivity index (χ4v) is 4.47. The fraction of sp³-hybridized carbons (Fsp3) is 0.550. The highest BCUT2D eigenvalue weighted by Crippen LogP contribution is 2.41. The highest BCUT2D eigenvalue weighted by molar-refractivity contribution is 7.90. The third kappa shape index (κ3) is 5.68. The third-order valence-corrected chi connectivity index (χ3v) is 6.63. The summed E-state index contributed by atoms with van der Waals surface area (Å²) in [4.78, 5) is 16.7. The topological polar surface area (TPSA) is 93.9 Å². The standard InChI is InChI=1S/C20H23F5N4O3S/c1-11-16(12(2)20(23,24)25)28-29(10-13-4-6-19(21,22)9-13)17(11)18(30)27-14-5-7-26-15(8-14)33(3,31)32/h5,7-8,12-13H,4,6,9-10H2,1-3H3,(H,26,27,30). The number of halogens is 5. The number of nitrogens with one attached hydrogen (secondary N) is 1. The van der Waals surface area contributed by atoms with E-state index in [4.69, 9.17) is 0 Å². The first-order chi connectivity index (χ1) is 15.1. The lowest BCUT2D eigenvalue weighted by Gasteiger charge is -2.14. The molecule has 1 saturated carbocycles. The Morgan fingerprint density at radius 2 is 2.03 bits per heavy atom. The molecule has 0 aromatic carbocycles. The Hall–Kier alpha value is -2.57. The molecule has 1 N–H and O–H groups in total. The van der Waals surface area contributed by atoms with Crippen LogP contribution in [0.3, 0.4) is 0 Å². The van der Waals surface area contributed by atoms with Gasteiger partial charge in [0.15, 0.2) is 14.9 Å². The number of hydrogen-bond acceptors (Lipinski definition) is 5. The average Bonchev–Trinajstić information content (AvgIpc) is 3.18. The molecule has 33 heavy (non-hydrogen) atoms. The van der Waals surface area contributed by atoms with Crippen LogP contribution in [0.1, 0.15) is 53.8 Å². The van der Waals surface area contributed by atoms with Crippen molar-refractivity contribution in [1.29, 1.82) is 0 Å². The van der Waals surface area contributed by atoms with Crippen molar-refractivity contribution in [1.82, 2.24) is 14.8 Å². The molecule has 0 spiro atoms. The molecule has 0 saturated heterocycles. The lowest BCUT2D eigenvalue weighted by Crippen LogP contribution is -2.22. The van der Waals surface area contributed by atoms with E-state index in [-0.39, 0.29) is 47.1 Å². The molecule has 2 unspecified atom stereocenters. The second-order valence-electron chi connectivity index (χ2n) is 8.38. The molecular weight excluding hydrogens is 471 g/mol. The molecule has 1 amide bonds.